The molecular formula is C16H15NO3S. The molecule has 0 amide bonds. The van der Waals surface area contributed by atoms with Gasteiger partial charge in [-0.25, -0.2) is 4.79 Å². The molecule has 0 spiro atoms. The normalized spacial score (nSPS) is 13.0. The Labute approximate surface area is 126 Å². The van der Waals surface area contributed by atoms with E-state index in [1.54, 1.807) is 17.6 Å². The summed E-state index contributed by atoms with van der Waals surface area (Å²) in [7, 11) is 0. The molecule has 21 heavy (non-hydrogen) atoms. The van der Waals surface area contributed by atoms with Gasteiger partial charge in [-0.15, -0.1) is 11.8 Å². The number of carbonyl (C=O) groups is 1. The van der Waals surface area contributed by atoms with Crippen molar-refractivity contribution < 1.29 is 9.53 Å². The number of pyridine rings is 1. The van der Waals surface area contributed by atoms with Crippen LogP contribution in [0.3, 0.4) is 0 Å². The number of hydrogen-bond donors (Lipinski definition) is 0. The van der Waals surface area contributed by atoms with E-state index in [0.717, 1.165) is 16.3 Å². The Morgan fingerprint density at radius 3 is 2.81 bits per heavy atom. The van der Waals surface area contributed by atoms with Crippen molar-refractivity contribution >= 4 is 17.7 Å². The van der Waals surface area contributed by atoms with Crippen LogP contribution in [-0.4, -0.2) is 22.9 Å². The van der Waals surface area contributed by atoms with Crippen LogP contribution in [0.4, 0.5) is 0 Å². The number of thioether (sulfide) groups is 1. The van der Waals surface area contributed by atoms with Crippen molar-refractivity contribution in [3.05, 3.63) is 52.3 Å². The highest BCUT2D eigenvalue weighted by molar-refractivity contribution is 7.99. The number of hydrogen-bond acceptors (Lipinski definition) is 4. The maximum Gasteiger partial charge on any atom is 0.340 e. The van der Waals surface area contributed by atoms with Gasteiger partial charge in [0.2, 0.25) is 0 Å². The van der Waals surface area contributed by atoms with Gasteiger partial charge in [-0.05, 0) is 18.6 Å². The van der Waals surface area contributed by atoms with E-state index in [9.17, 15) is 9.59 Å². The summed E-state index contributed by atoms with van der Waals surface area (Å²) in [5.41, 5.74) is 1.80. The summed E-state index contributed by atoms with van der Waals surface area (Å²) in [4.78, 5) is 24.7. The standard InChI is InChI=1S/C16H15NO3S/c1-2-20-16(19)13-10-12(11-6-4-3-5-7-11)14(18)17-8-9-21-15(13)17/h3-7,10H,2,8-9H2,1H3. The van der Waals surface area contributed by atoms with Crippen molar-refractivity contribution in [2.75, 3.05) is 12.4 Å². The first kappa shape index (κ1) is 13.9. The molecule has 1 aliphatic heterocycles. The van der Waals surface area contributed by atoms with Crippen molar-refractivity contribution in [1.29, 1.82) is 0 Å². The van der Waals surface area contributed by atoms with Gasteiger partial charge in [0.25, 0.3) is 5.56 Å². The van der Waals surface area contributed by atoms with Gasteiger partial charge in [-0.3, -0.25) is 4.79 Å². The molecule has 0 unspecified atom stereocenters. The minimum Gasteiger partial charge on any atom is -0.462 e. The molecule has 1 aromatic carbocycles. The Morgan fingerprint density at radius 1 is 1.33 bits per heavy atom. The van der Waals surface area contributed by atoms with Crippen LogP contribution < -0.4 is 5.56 Å². The molecular weight excluding hydrogens is 286 g/mol. The van der Waals surface area contributed by atoms with Crippen LogP contribution >= 0.6 is 11.8 Å². The number of ether oxygens (including phenoxy) is 1. The summed E-state index contributed by atoms with van der Waals surface area (Å²) in [5.74, 6) is 0.438. The first-order valence-electron chi connectivity index (χ1n) is 6.85. The average Bonchev–Trinajstić information content (AvgIpc) is 2.99. The summed E-state index contributed by atoms with van der Waals surface area (Å²) >= 11 is 1.53. The molecule has 0 radical (unpaired) electrons. The number of benzene rings is 1. The van der Waals surface area contributed by atoms with E-state index < -0.39 is 0 Å². The second kappa shape index (κ2) is 5.77. The van der Waals surface area contributed by atoms with E-state index in [-0.39, 0.29) is 11.5 Å². The third-order valence-electron chi connectivity index (χ3n) is 3.37. The molecule has 108 valence electrons. The van der Waals surface area contributed by atoms with Crippen molar-refractivity contribution in [2.24, 2.45) is 0 Å². The Hall–Kier alpha value is -2.01. The lowest BCUT2D eigenvalue weighted by Gasteiger charge is -2.11. The highest BCUT2D eigenvalue weighted by Gasteiger charge is 2.24. The summed E-state index contributed by atoms with van der Waals surface area (Å²) in [6.45, 7) is 2.73. The van der Waals surface area contributed by atoms with Gasteiger partial charge in [-0.1, -0.05) is 30.3 Å². The number of esters is 1. The minimum atomic E-state index is -0.368. The third kappa shape index (κ3) is 2.49. The van der Waals surface area contributed by atoms with E-state index in [2.05, 4.69) is 0 Å². The van der Waals surface area contributed by atoms with Gasteiger partial charge in [0.05, 0.1) is 17.2 Å². The lowest BCUT2D eigenvalue weighted by molar-refractivity contribution is 0.0520. The minimum absolute atomic E-state index is 0.0470. The maximum absolute atomic E-state index is 12.6. The summed E-state index contributed by atoms with van der Waals surface area (Å²) < 4.78 is 6.80. The van der Waals surface area contributed by atoms with Gasteiger partial charge < -0.3 is 9.30 Å². The largest absolute Gasteiger partial charge is 0.462 e. The van der Waals surface area contributed by atoms with E-state index in [1.165, 1.54) is 11.8 Å². The fourth-order valence-corrected chi connectivity index (χ4v) is 3.52. The van der Waals surface area contributed by atoms with E-state index >= 15 is 0 Å². The van der Waals surface area contributed by atoms with Crippen molar-refractivity contribution in [3.63, 3.8) is 0 Å². The Balaban J connectivity index is 2.21. The quantitative estimate of drug-likeness (QED) is 0.818. The molecule has 4 nitrogen and oxygen atoms in total. The fourth-order valence-electron chi connectivity index (χ4n) is 2.42. The summed E-state index contributed by atoms with van der Waals surface area (Å²) in [5, 5.41) is 0.720. The van der Waals surface area contributed by atoms with Gasteiger partial charge in [-0.2, -0.15) is 0 Å². The predicted molar refractivity (Wildman–Crippen MR) is 82.8 cm³/mol. The SMILES string of the molecule is CCOC(=O)c1cc(-c2ccccc2)c(=O)n2c1SCC2. The molecule has 2 aromatic rings. The highest BCUT2D eigenvalue weighted by Crippen LogP contribution is 2.30. The van der Waals surface area contributed by atoms with Gasteiger partial charge in [0.1, 0.15) is 0 Å². The van der Waals surface area contributed by atoms with E-state index in [0.29, 0.717) is 24.3 Å². The van der Waals surface area contributed by atoms with Crippen LogP contribution in [0, 0.1) is 0 Å². The molecule has 3 rings (SSSR count). The molecule has 5 heteroatoms. The average molecular weight is 301 g/mol. The second-order valence-corrected chi connectivity index (χ2v) is 5.75. The predicted octanol–water partition coefficient (Wildman–Crippen LogP) is 2.80. The molecule has 1 aliphatic rings. The molecule has 2 heterocycles. The van der Waals surface area contributed by atoms with Gasteiger partial charge >= 0.3 is 5.97 Å². The van der Waals surface area contributed by atoms with Crippen molar-refractivity contribution in [3.8, 4) is 11.1 Å². The third-order valence-corrected chi connectivity index (χ3v) is 4.47. The van der Waals surface area contributed by atoms with E-state index in [4.69, 9.17) is 4.74 Å². The Kier molecular flexibility index (Phi) is 3.84. The zero-order valence-corrected chi connectivity index (χ0v) is 12.5. The lowest BCUT2D eigenvalue weighted by atomic mass is 10.1. The zero-order chi connectivity index (χ0) is 14.8. The number of nitrogens with zero attached hydrogens (tertiary/aromatic N) is 1. The Bertz CT molecular complexity index is 737. The first-order chi connectivity index (χ1) is 10.2. The van der Waals surface area contributed by atoms with Crippen LogP contribution in [0.25, 0.3) is 11.1 Å². The fraction of sp³-hybridized carbons (Fsp3) is 0.250. The second-order valence-electron chi connectivity index (χ2n) is 4.67. The van der Waals surface area contributed by atoms with Gasteiger partial charge in [0, 0.05) is 17.9 Å². The number of rotatable bonds is 3. The zero-order valence-electron chi connectivity index (χ0n) is 11.7. The number of aromatic nitrogens is 1. The molecule has 0 fully saturated rings. The van der Waals surface area contributed by atoms with Crippen molar-refractivity contribution in [2.45, 2.75) is 18.5 Å². The highest BCUT2D eigenvalue weighted by atomic mass is 32.2. The van der Waals surface area contributed by atoms with Crippen LogP contribution in [-0.2, 0) is 11.3 Å². The summed E-state index contributed by atoms with van der Waals surface area (Å²) in [6, 6.07) is 11.1. The molecule has 1 aromatic heterocycles. The van der Waals surface area contributed by atoms with E-state index in [1.807, 2.05) is 30.3 Å². The number of carbonyl (C=O) groups excluding carboxylic acids is 1. The topological polar surface area (TPSA) is 48.3 Å². The molecule has 0 atom stereocenters. The van der Waals surface area contributed by atoms with Crippen LogP contribution in [0.1, 0.15) is 17.3 Å². The molecule has 0 N–H and O–H groups in total. The van der Waals surface area contributed by atoms with Crippen LogP contribution in [0.2, 0.25) is 0 Å². The van der Waals surface area contributed by atoms with Crippen molar-refractivity contribution in [1.82, 2.24) is 4.57 Å². The monoisotopic (exact) mass is 301 g/mol. The van der Waals surface area contributed by atoms with Crippen LogP contribution in [0.15, 0.2) is 46.2 Å². The Morgan fingerprint density at radius 2 is 2.10 bits per heavy atom. The molecule has 0 saturated carbocycles. The maximum atomic E-state index is 12.6. The van der Waals surface area contributed by atoms with Gasteiger partial charge in [0.15, 0.2) is 0 Å². The molecule has 0 aliphatic carbocycles. The smallest absolute Gasteiger partial charge is 0.340 e. The molecule has 0 bridgehead atoms. The molecule has 0 saturated heterocycles. The lowest BCUT2D eigenvalue weighted by Crippen LogP contribution is -2.23. The van der Waals surface area contributed by atoms with Crippen LogP contribution in [0.5, 0.6) is 0 Å². The number of fused-ring (bicyclic) bond motifs is 1. The summed E-state index contributed by atoms with van der Waals surface area (Å²) in [6.07, 6.45) is 0. The first-order valence-corrected chi connectivity index (χ1v) is 7.84.